The van der Waals surface area contributed by atoms with Crippen LogP contribution in [0.15, 0.2) is 42.9 Å². The predicted octanol–water partition coefficient (Wildman–Crippen LogP) is 6.28. The molecule has 0 bridgehead atoms. The summed E-state index contributed by atoms with van der Waals surface area (Å²) >= 11 is 0. The van der Waals surface area contributed by atoms with Crippen molar-refractivity contribution in [1.82, 2.24) is 15.0 Å². The smallest absolute Gasteiger partial charge is 0.334 e. The summed E-state index contributed by atoms with van der Waals surface area (Å²) in [7, 11) is 2.54. The molecule has 3 aromatic heterocycles. The number of urea groups is 1. The Bertz CT molecular complexity index is 1540. The normalized spacial score (nSPS) is 17.8. The van der Waals surface area contributed by atoms with Gasteiger partial charge in [-0.05, 0) is 49.8 Å². The molecule has 1 unspecified atom stereocenters. The molecule has 0 saturated carbocycles. The molecule has 1 saturated heterocycles. The lowest BCUT2D eigenvalue weighted by Crippen LogP contribution is -2.46. The van der Waals surface area contributed by atoms with Crippen LogP contribution in [-0.2, 0) is 17.7 Å². The van der Waals surface area contributed by atoms with E-state index in [-0.39, 0.29) is 18.0 Å². The van der Waals surface area contributed by atoms with Crippen molar-refractivity contribution >= 4 is 34.1 Å². The van der Waals surface area contributed by atoms with E-state index in [0.717, 1.165) is 67.4 Å². The highest BCUT2D eigenvalue weighted by Gasteiger charge is 2.38. The Balaban J connectivity index is 1.47. The Morgan fingerprint density at radius 3 is 2.51 bits per heavy atom. The number of H-pyrrole nitrogens is 1. The van der Waals surface area contributed by atoms with E-state index in [0.29, 0.717) is 28.5 Å². The summed E-state index contributed by atoms with van der Waals surface area (Å²) in [5, 5.41) is 0.758. The number of aromatic nitrogens is 3. The zero-order chi connectivity index (χ0) is 28.5. The second kappa shape index (κ2) is 11.3. The first-order chi connectivity index (χ1) is 20.0. The number of nitrogens with zero attached hydrogens (tertiary/aromatic N) is 4. The van der Waals surface area contributed by atoms with Crippen LogP contribution in [0.5, 0.6) is 11.5 Å². The van der Waals surface area contributed by atoms with Crippen LogP contribution in [0.1, 0.15) is 36.9 Å². The monoisotopic (exact) mass is 563 g/mol. The van der Waals surface area contributed by atoms with Crippen LogP contribution in [0.3, 0.4) is 0 Å². The van der Waals surface area contributed by atoms with E-state index < -0.39 is 23.4 Å². The molecular weight excluding hydrogens is 532 g/mol. The highest BCUT2D eigenvalue weighted by Crippen LogP contribution is 2.44. The third-order valence-electron chi connectivity index (χ3n) is 7.81. The second-order valence-corrected chi connectivity index (χ2v) is 10.3. The fourth-order valence-electron chi connectivity index (χ4n) is 5.77. The number of hydrogen-bond acceptors (Lipinski definition) is 6. The van der Waals surface area contributed by atoms with E-state index in [1.807, 2.05) is 6.07 Å². The van der Waals surface area contributed by atoms with Gasteiger partial charge in [-0.25, -0.2) is 18.6 Å². The van der Waals surface area contributed by atoms with Crippen LogP contribution in [0.25, 0.3) is 11.0 Å². The summed E-state index contributed by atoms with van der Waals surface area (Å²) in [5.41, 5.74) is 2.84. The molecule has 5 heterocycles. The molecule has 0 spiro atoms. The number of rotatable bonds is 6. The van der Waals surface area contributed by atoms with Gasteiger partial charge in [-0.3, -0.25) is 14.8 Å². The summed E-state index contributed by atoms with van der Waals surface area (Å²) in [6.45, 7) is 1.46. The highest BCUT2D eigenvalue weighted by atomic mass is 19.1. The molecule has 0 aliphatic carbocycles. The Labute approximate surface area is 236 Å². The van der Waals surface area contributed by atoms with Gasteiger partial charge in [0.1, 0.15) is 11.3 Å². The maximum Gasteiger partial charge on any atom is 0.334 e. The fourth-order valence-corrected chi connectivity index (χ4v) is 5.77. The average Bonchev–Trinajstić information content (AvgIpc) is 3.38. The number of carbonyl (C=O) groups excluding carboxylic acids is 1. The molecule has 4 aromatic rings. The molecule has 0 radical (unpaired) electrons. The third kappa shape index (κ3) is 4.94. The molecule has 1 N–H and O–H groups in total. The van der Waals surface area contributed by atoms with Gasteiger partial charge >= 0.3 is 6.03 Å². The first-order valence-corrected chi connectivity index (χ1v) is 13.7. The molecule has 6 rings (SSSR count). The molecule has 2 aliphatic rings. The third-order valence-corrected chi connectivity index (χ3v) is 7.81. The van der Waals surface area contributed by atoms with E-state index in [4.69, 9.17) is 14.2 Å². The number of pyridine rings is 2. The van der Waals surface area contributed by atoms with Crippen molar-refractivity contribution in [2.45, 2.75) is 38.6 Å². The van der Waals surface area contributed by atoms with Crippen molar-refractivity contribution < 1.29 is 27.8 Å². The zero-order valence-corrected chi connectivity index (χ0v) is 23.0. The Morgan fingerprint density at radius 1 is 1.02 bits per heavy atom. The van der Waals surface area contributed by atoms with Crippen molar-refractivity contribution in [3.63, 3.8) is 0 Å². The molecule has 1 fully saturated rings. The summed E-state index contributed by atoms with van der Waals surface area (Å²) < 4.78 is 47.1. The number of halogens is 2. The van der Waals surface area contributed by atoms with Crippen molar-refractivity contribution in [1.29, 1.82) is 0 Å². The Morgan fingerprint density at radius 2 is 1.78 bits per heavy atom. The second-order valence-electron chi connectivity index (χ2n) is 10.3. The number of fused-ring (bicyclic) bond motifs is 3. The van der Waals surface area contributed by atoms with Crippen molar-refractivity contribution in [2.75, 3.05) is 37.2 Å². The first-order valence-electron chi connectivity index (χ1n) is 13.7. The molecule has 11 heteroatoms. The zero-order valence-electron chi connectivity index (χ0n) is 23.0. The van der Waals surface area contributed by atoms with Gasteiger partial charge in [0.15, 0.2) is 23.1 Å². The maximum absolute atomic E-state index is 15.6. The number of nitrogens with one attached hydrogen (secondary N) is 1. The van der Waals surface area contributed by atoms with Crippen LogP contribution in [0, 0.1) is 17.6 Å². The Kier molecular flexibility index (Phi) is 7.44. The van der Waals surface area contributed by atoms with Crippen LogP contribution in [0.4, 0.5) is 30.6 Å². The molecule has 2 amide bonds. The number of aromatic amines is 1. The van der Waals surface area contributed by atoms with Gasteiger partial charge in [-0.1, -0.05) is 6.42 Å². The van der Waals surface area contributed by atoms with E-state index in [9.17, 15) is 4.79 Å². The first kappa shape index (κ1) is 26.9. The minimum absolute atomic E-state index is 0.108. The van der Waals surface area contributed by atoms with Gasteiger partial charge in [-0.15, -0.1) is 0 Å². The number of amides is 2. The number of benzene rings is 1. The number of ether oxygens (including phenoxy) is 3. The standard InChI is InChI=1S/C30H31F2N5O4/c1-39-23-15-24(40-2)26(32)28(25(23)31)36-17-19-16-34-29-22(27(19)37(30(36)38)21-6-9-33-10-7-21)14-20(35-29)13-18-5-3-4-11-41-12-8-18/h6-7,9-10,14-16,18H,3-5,8,11-13,17H2,1-2H3,(H,34,35). The molecule has 1 atom stereocenters. The van der Waals surface area contributed by atoms with Gasteiger partial charge in [0, 0.05) is 54.5 Å². The van der Waals surface area contributed by atoms with Crippen LogP contribution in [-0.4, -0.2) is 48.4 Å². The van der Waals surface area contributed by atoms with Crippen molar-refractivity contribution in [2.24, 2.45) is 5.92 Å². The summed E-state index contributed by atoms with van der Waals surface area (Å²) in [6.07, 6.45) is 9.91. The SMILES string of the molecule is COc1cc(OC)c(F)c(N2Cc3cnc4[nH]c(CC5CCCCOCC5)cc4c3N(c3ccncc3)C2=O)c1F. The Hall–Kier alpha value is -4.25. The predicted molar refractivity (Wildman–Crippen MR) is 150 cm³/mol. The van der Waals surface area contributed by atoms with Crippen molar-refractivity contribution in [3.8, 4) is 11.5 Å². The van der Waals surface area contributed by atoms with E-state index in [2.05, 4.69) is 15.0 Å². The highest BCUT2D eigenvalue weighted by molar-refractivity contribution is 6.15. The number of methoxy groups -OCH3 is 2. The molecule has 41 heavy (non-hydrogen) atoms. The largest absolute Gasteiger partial charge is 0.493 e. The molecule has 214 valence electrons. The lowest BCUT2D eigenvalue weighted by atomic mass is 9.93. The minimum atomic E-state index is -1.00. The van der Waals surface area contributed by atoms with Gasteiger partial charge in [-0.2, -0.15) is 0 Å². The molecule has 2 aliphatic heterocycles. The van der Waals surface area contributed by atoms with Crippen LogP contribution in [0.2, 0.25) is 0 Å². The summed E-state index contributed by atoms with van der Waals surface area (Å²) in [6, 6.07) is 5.88. The average molecular weight is 564 g/mol. The minimum Gasteiger partial charge on any atom is -0.493 e. The van der Waals surface area contributed by atoms with E-state index in [1.54, 1.807) is 30.7 Å². The lowest BCUT2D eigenvalue weighted by molar-refractivity contribution is 0.1000. The number of hydrogen-bond donors (Lipinski definition) is 1. The number of anilines is 3. The van der Waals surface area contributed by atoms with Gasteiger partial charge in [0.25, 0.3) is 0 Å². The molecular formula is C30H31F2N5O4. The van der Waals surface area contributed by atoms with Gasteiger partial charge in [0.05, 0.1) is 32.1 Å². The van der Waals surface area contributed by atoms with Crippen LogP contribution >= 0.6 is 0 Å². The van der Waals surface area contributed by atoms with E-state index >= 15 is 8.78 Å². The van der Waals surface area contributed by atoms with Crippen molar-refractivity contribution in [3.05, 3.63) is 65.7 Å². The van der Waals surface area contributed by atoms with Gasteiger partial charge < -0.3 is 19.2 Å². The topological polar surface area (TPSA) is 92.8 Å². The lowest BCUT2D eigenvalue weighted by Gasteiger charge is -2.37. The summed E-state index contributed by atoms with van der Waals surface area (Å²) in [4.78, 5) is 28.9. The fraction of sp³-hybridized carbons (Fsp3) is 0.367. The van der Waals surface area contributed by atoms with Crippen LogP contribution < -0.4 is 19.3 Å². The van der Waals surface area contributed by atoms with E-state index in [1.165, 1.54) is 19.1 Å². The summed E-state index contributed by atoms with van der Waals surface area (Å²) in [5.74, 6) is -2.01. The number of carbonyl (C=O) groups is 1. The maximum atomic E-state index is 15.6. The van der Waals surface area contributed by atoms with Gasteiger partial charge in [0.2, 0.25) is 0 Å². The molecule has 1 aromatic carbocycles. The molecule has 9 nitrogen and oxygen atoms in total. The quantitative estimate of drug-likeness (QED) is 0.297.